The molecule has 180 valence electrons. The summed E-state index contributed by atoms with van der Waals surface area (Å²) in [7, 11) is 1.71. The molecule has 5 unspecified atom stereocenters. The normalized spacial score (nSPS) is 28.6. The first-order chi connectivity index (χ1) is 15.5. The van der Waals surface area contributed by atoms with Crippen molar-refractivity contribution in [2.24, 2.45) is 24.8 Å². The molecule has 2 fully saturated rings. The van der Waals surface area contributed by atoms with Crippen LogP contribution in [0.15, 0.2) is 23.1 Å². The quantitative estimate of drug-likeness (QED) is 0.599. The molecule has 4 rings (SSSR count). The number of fused-ring (bicyclic) bond motifs is 1. The van der Waals surface area contributed by atoms with Gasteiger partial charge in [0.2, 0.25) is 5.91 Å². The van der Waals surface area contributed by atoms with Gasteiger partial charge in [-0.15, -0.1) is 0 Å². The van der Waals surface area contributed by atoms with Crippen molar-refractivity contribution in [3.63, 3.8) is 0 Å². The molecular formula is C24H29ClF3N3O2. The van der Waals surface area contributed by atoms with Gasteiger partial charge in [0, 0.05) is 36.2 Å². The lowest BCUT2D eigenvalue weighted by Gasteiger charge is -2.36. The fourth-order valence-electron chi connectivity index (χ4n) is 5.56. The number of alkyl halides is 3. The van der Waals surface area contributed by atoms with Crippen LogP contribution in [0.3, 0.4) is 0 Å². The highest BCUT2D eigenvalue weighted by atomic mass is 35.5. The number of nitrogens with one attached hydrogen (secondary N) is 1. The van der Waals surface area contributed by atoms with Crippen molar-refractivity contribution in [1.82, 2.24) is 14.9 Å². The Bertz CT molecular complexity index is 1100. The van der Waals surface area contributed by atoms with Gasteiger partial charge in [-0.05, 0) is 62.5 Å². The first kappa shape index (κ1) is 24.0. The Balaban J connectivity index is 1.51. The average molecular weight is 484 g/mol. The summed E-state index contributed by atoms with van der Waals surface area (Å²) in [6.07, 6.45) is 0.431. The topological polar surface area (TPSA) is 64.0 Å². The van der Waals surface area contributed by atoms with E-state index in [-0.39, 0.29) is 42.2 Å². The van der Waals surface area contributed by atoms with Crippen LogP contribution in [0, 0.1) is 17.8 Å². The zero-order valence-electron chi connectivity index (χ0n) is 18.8. The molecule has 2 aromatic heterocycles. The monoisotopic (exact) mass is 483 g/mol. The van der Waals surface area contributed by atoms with Gasteiger partial charge in [-0.1, -0.05) is 24.9 Å². The van der Waals surface area contributed by atoms with Gasteiger partial charge in [0.15, 0.2) is 0 Å². The fraction of sp³-hybridized carbons (Fsp3) is 0.625. The minimum absolute atomic E-state index is 0.0582. The first-order valence-electron chi connectivity index (χ1n) is 11.6. The number of pyridine rings is 2. The summed E-state index contributed by atoms with van der Waals surface area (Å²) in [5.74, 6) is -2.10. The van der Waals surface area contributed by atoms with Crippen LogP contribution in [0.4, 0.5) is 13.2 Å². The van der Waals surface area contributed by atoms with Gasteiger partial charge in [0.05, 0.1) is 11.4 Å². The van der Waals surface area contributed by atoms with E-state index in [0.717, 1.165) is 18.2 Å². The molecule has 2 saturated carbocycles. The van der Waals surface area contributed by atoms with Crippen molar-refractivity contribution >= 4 is 28.4 Å². The molecule has 2 aliphatic rings. The Morgan fingerprint density at radius 1 is 1.18 bits per heavy atom. The lowest BCUT2D eigenvalue weighted by molar-refractivity contribution is -0.186. The Morgan fingerprint density at radius 2 is 1.94 bits per heavy atom. The number of rotatable bonds is 3. The first-order valence-corrected chi connectivity index (χ1v) is 11.9. The molecule has 0 bridgehead atoms. The van der Waals surface area contributed by atoms with Gasteiger partial charge in [-0.3, -0.25) is 9.59 Å². The third-order valence-electron chi connectivity index (χ3n) is 7.55. The number of carbonyl (C=O) groups excluding carboxylic acids is 1. The highest BCUT2D eigenvalue weighted by Crippen LogP contribution is 2.41. The number of aromatic nitrogens is 2. The standard InChI is InChI=1S/C24H29ClF3N3O2/c1-13-6-7-17(30-22(32)14-4-3-5-16(8-14)24(26,27)28)10-18(13)19-9-15-12-29-21(25)11-20(15)31(2)23(19)33/h9,11-14,16-18H,3-8,10H2,1-2H3,(H,30,32). The Morgan fingerprint density at radius 3 is 2.67 bits per heavy atom. The maximum atomic E-state index is 13.2. The second-order valence-electron chi connectivity index (χ2n) is 9.73. The number of hydrogen-bond donors (Lipinski definition) is 1. The number of aryl methyl sites for hydroxylation is 1. The van der Waals surface area contributed by atoms with Gasteiger partial charge >= 0.3 is 6.18 Å². The number of amides is 1. The van der Waals surface area contributed by atoms with Crippen LogP contribution in [0.25, 0.3) is 10.9 Å². The largest absolute Gasteiger partial charge is 0.391 e. The lowest BCUT2D eigenvalue weighted by Crippen LogP contribution is -2.45. The van der Waals surface area contributed by atoms with Crippen molar-refractivity contribution in [3.8, 4) is 0 Å². The van der Waals surface area contributed by atoms with Crippen molar-refractivity contribution in [1.29, 1.82) is 0 Å². The van der Waals surface area contributed by atoms with Crippen LogP contribution in [0.5, 0.6) is 0 Å². The van der Waals surface area contributed by atoms with E-state index in [9.17, 15) is 22.8 Å². The van der Waals surface area contributed by atoms with E-state index in [1.807, 2.05) is 6.07 Å². The van der Waals surface area contributed by atoms with E-state index >= 15 is 0 Å². The van der Waals surface area contributed by atoms with Gasteiger partial charge in [-0.25, -0.2) is 4.98 Å². The van der Waals surface area contributed by atoms with E-state index in [1.54, 1.807) is 23.9 Å². The summed E-state index contributed by atoms with van der Waals surface area (Å²) in [6.45, 7) is 2.10. The molecule has 0 aromatic carbocycles. The lowest BCUT2D eigenvalue weighted by atomic mass is 9.74. The van der Waals surface area contributed by atoms with Crippen LogP contribution < -0.4 is 10.9 Å². The van der Waals surface area contributed by atoms with E-state index in [2.05, 4.69) is 17.2 Å². The third-order valence-corrected chi connectivity index (χ3v) is 7.76. The number of nitrogens with zero attached hydrogens (tertiary/aromatic N) is 2. The Hall–Kier alpha value is -2.09. The minimum atomic E-state index is -4.25. The van der Waals surface area contributed by atoms with Crippen LogP contribution in [0.1, 0.15) is 63.4 Å². The molecule has 1 amide bonds. The molecule has 0 radical (unpaired) electrons. The van der Waals surface area contributed by atoms with Crippen molar-refractivity contribution in [2.75, 3.05) is 0 Å². The molecule has 0 saturated heterocycles. The van der Waals surface area contributed by atoms with Crippen molar-refractivity contribution in [3.05, 3.63) is 39.4 Å². The molecule has 1 N–H and O–H groups in total. The molecule has 0 spiro atoms. The van der Waals surface area contributed by atoms with Crippen LogP contribution >= 0.6 is 11.6 Å². The van der Waals surface area contributed by atoms with Gasteiger partial charge in [0.25, 0.3) is 5.56 Å². The van der Waals surface area contributed by atoms with Gasteiger partial charge in [0.1, 0.15) is 5.15 Å². The van der Waals surface area contributed by atoms with Crippen molar-refractivity contribution < 1.29 is 18.0 Å². The summed E-state index contributed by atoms with van der Waals surface area (Å²) < 4.78 is 41.0. The maximum absolute atomic E-state index is 13.2. The number of halogens is 4. The summed E-state index contributed by atoms with van der Waals surface area (Å²) in [5, 5.41) is 4.14. The molecule has 5 atom stereocenters. The minimum Gasteiger partial charge on any atom is -0.353 e. The molecule has 5 nitrogen and oxygen atoms in total. The molecule has 9 heteroatoms. The predicted molar refractivity (Wildman–Crippen MR) is 121 cm³/mol. The highest BCUT2D eigenvalue weighted by Gasteiger charge is 2.44. The van der Waals surface area contributed by atoms with Crippen LogP contribution in [-0.4, -0.2) is 27.7 Å². The zero-order chi connectivity index (χ0) is 23.9. The van der Waals surface area contributed by atoms with Gasteiger partial charge in [-0.2, -0.15) is 13.2 Å². The van der Waals surface area contributed by atoms with E-state index in [4.69, 9.17) is 11.6 Å². The summed E-state index contributed by atoms with van der Waals surface area (Å²) >= 11 is 5.99. The van der Waals surface area contributed by atoms with Crippen LogP contribution in [-0.2, 0) is 11.8 Å². The summed E-state index contributed by atoms with van der Waals surface area (Å²) in [6, 6.07) is 3.36. The Labute approximate surface area is 195 Å². The van der Waals surface area contributed by atoms with Crippen LogP contribution in [0.2, 0.25) is 5.15 Å². The summed E-state index contributed by atoms with van der Waals surface area (Å²) in [5.41, 5.74) is 1.28. The second-order valence-corrected chi connectivity index (χ2v) is 10.1. The molecule has 33 heavy (non-hydrogen) atoms. The van der Waals surface area contributed by atoms with Crippen molar-refractivity contribution in [2.45, 2.75) is 70.0 Å². The molecular weight excluding hydrogens is 455 g/mol. The Kier molecular flexibility index (Phi) is 6.76. The van der Waals surface area contributed by atoms with E-state index in [1.165, 1.54) is 0 Å². The van der Waals surface area contributed by atoms with Gasteiger partial charge < -0.3 is 9.88 Å². The maximum Gasteiger partial charge on any atom is 0.391 e. The highest BCUT2D eigenvalue weighted by molar-refractivity contribution is 6.30. The van der Waals surface area contributed by atoms with E-state index in [0.29, 0.717) is 35.5 Å². The fourth-order valence-corrected chi connectivity index (χ4v) is 5.71. The van der Waals surface area contributed by atoms with E-state index < -0.39 is 18.0 Å². The molecule has 2 aromatic rings. The SMILES string of the molecule is CC1CCC(NC(=O)C2CCCC(C(F)(F)F)C2)CC1c1cc2cnc(Cl)cc2n(C)c1=O. The summed E-state index contributed by atoms with van der Waals surface area (Å²) in [4.78, 5) is 30.1. The zero-order valence-corrected chi connectivity index (χ0v) is 19.5. The third kappa shape index (κ3) is 5.05. The predicted octanol–water partition coefficient (Wildman–Crippen LogP) is 5.34. The number of hydrogen-bond acceptors (Lipinski definition) is 3. The smallest absolute Gasteiger partial charge is 0.353 e. The molecule has 0 aliphatic heterocycles. The molecule has 2 heterocycles. The molecule has 2 aliphatic carbocycles. The number of carbonyl (C=O) groups is 1. The average Bonchev–Trinajstić information content (AvgIpc) is 2.77. The second kappa shape index (κ2) is 9.28.